The molecule has 0 aromatic carbocycles. The summed E-state index contributed by atoms with van der Waals surface area (Å²) in [7, 11) is 0. The van der Waals surface area contributed by atoms with E-state index in [-0.39, 0.29) is 17.9 Å². The molecule has 2 rings (SSSR count). The number of hydrogen-bond donors (Lipinski definition) is 2. The number of aliphatic hydroxyl groups excluding tert-OH is 1. The topological polar surface area (TPSA) is 54.3 Å². The Bertz CT molecular complexity index is 445. The summed E-state index contributed by atoms with van der Waals surface area (Å²) < 4.78 is 2.83. The van der Waals surface area contributed by atoms with Crippen LogP contribution < -0.4 is 5.32 Å². The van der Waals surface area contributed by atoms with Crippen LogP contribution in [0.5, 0.6) is 0 Å². The van der Waals surface area contributed by atoms with Gasteiger partial charge in [0.25, 0.3) is 5.91 Å². The molecule has 1 amide bonds. The third-order valence-electron chi connectivity index (χ3n) is 3.83. The Hall–Kier alpha value is -0.810. The van der Waals surface area contributed by atoms with Crippen molar-refractivity contribution >= 4 is 21.8 Å². The van der Waals surface area contributed by atoms with Crippen LogP contribution in [0.1, 0.15) is 43.1 Å². The minimum atomic E-state index is -0.265. The van der Waals surface area contributed by atoms with E-state index in [1.165, 1.54) is 0 Å². The largest absolute Gasteiger partial charge is 0.393 e. The maximum absolute atomic E-state index is 12.2. The Labute approximate surface area is 122 Å². The minimum absolute atomic E-state index is 0.0645. The molecule has 1 aliphatic carbocycles. The Morgan fingerprint density at radius 2 is 2.26 bits per heavy atom. The van der Waals surface area contributed by atoms with Crippen molar-refractivity contribution in [2.75, 3.05) is 6.54 Å². The average Bonchev–Trinajstić information content (AvgIpc) is 2.79. The fourth-order valence-corrected chi connectivity index (χ4v) is 3.13. The summed E-state index contributed by atoms with van der Waals surface area (Å²) in [6.45, 7) is 3.33. The van der Waals surface area contributed by atoms with Gasteiger partial charge >= 0.3 is 0 Å². The number of carbonyl (C=O) groups excluding carboxylic acids is 1. The second-order valence-corrected chi connectivity index (χ2v) is 6.07. The van der Waals surface area contributed by atoms with Gasteiger partial charge < -0.3 is 15.0 Å². The van der Waals surface area contributed by atoms with Crippen LogP contribution in [0.3, 0.4) is 0 Å². The van der Waals surface area contributed by atoms with E-state index < -0.39 is 0 Å². The van der Waals surface area contributed by atoms with Crippen LogP contribution in [0.4, 0.5) is 0 Å². The molecule has 0 radical (unpaired) electrons. The molecule has 1 aromatic rings. The maximum Gasteiger partial charge on any atom is 0.267 e. The Balaban J connectivity index is 1.93. The summed E-state index contributed by atoms with van der Waals surface area (Å²) in [5.74, 6) is 0.136. The lowest BCUT2D eigenvalue weighted by Crippen LogP contribution is -2.37. The molecule has 0 saturated heterocycles. The number of carbonyl (C=O) groups is 1. The van der Waals surface area contributed by atoms with Crippen molar-refractivity contribution in [3.63, 3.8) is 0 Å². The van der Waals surface area contributed by atoms with Gasteiger partial charge in [0.2, 0.25) is 0 Å². The second-order valence-electron chi connectivity index (χ2n) is 5.15. The molecule has 2 N–H and O–H groups in total. The fraction of sp³-hybridized carbons (Fsp3) is 0.643. The Kier molecular flexibility index (Phi) is 5.05. The highest BCUT2D eigenvalue weighted by atomic mass is 79.9. The lowest BCUT2D eigenvalue weighted by molar-refractivity contribution is 0.0660. The average molecular weight is 329 g/mol. The summed E-state index contributed by atoms with van der Waals surface area (Å²) in [6.07, 6.45) is 5.74. The molecule has 106 valence electrons. The van der Waals surface area contributed by atoms with Gasteiger partial charge in [-0.2, -0.15) is 0 Å². The second kappa shape index (κ2) is 6.57. The smallest absolute Gasteiger partial charge is 0.267 e. The van der Waals surface area contributed by atoms with E-state index in [9.17, 15) is 9.90 Å². The third kappa shape index (κ3) is 3.60. The molecule has 1 saturated carbocycles. The summed E-state index contributed by atoms with van der Waals surface area (Å²) in [5, 5.41) is 12.8. The molecule has 1 heterocycles. The number of rotatable bonds is 4. The van der Waals surface area contributed by atoms with Gasteiger partial charge in [-0.25, -0.2) is 0 Å². The van der Waals surface area contributed by atoms with Crippen molar-refractivity contribution in [3.8, 4) is 0 Å². The lowest BCUT2D eigenvalue weighted by atomic mass is 9.86. The van der Waals surface area contributed by atoms with Crippen LogP contribution in [0.2, 0.25) is 0 Å². The van der Waals surface area contributed by atoms with E-state index in [0.717, 1.165) is 36.7 Å². The van der Waals surface area contributed by atoms with Crippen LogP contribution in [-0.2, 0) is 6.54 Å². The van der Waals surface area contributed by atoms with Gasteiger partial charge in [-0.1, -0.05) is 12.8 Å². The molecule has 1 fully saturated rings. The van der Waals surface area contributed by atoms with Gasteiger partial charge in [-0.15, -0.1) is 0 Å². The summed E-state index contributed by atoms with van der Waals surface area (Å²) in [5.41, 5.74) is 0.666. The third-order valence-corrected chi connectivity index (χ3v) is 4.26. The van der Waals surface area contributed by atoms with Gasteiger partial charge in [0.05, 0.1) is 6.10 Å². The van der Waals surface area contributed by atoms with E-state index in [1.807, 2.05) is 23.8 Å². The van der Waals surface area contributed by atoms with E-state index in [2.05, 4.69) is 21.2 Å². The highest BCUT2D eigenvalue weighted by molar-refractivity contribution is 9.10. The minimum Gasteiger partial charge on any atom is -0.393 e. The highest BCUT2D eigenvalue weighted by Gasteiger charge is 2.23. The number of aryl methyl sites for hydroxylation is 1. The first-order valence-electron chi connectivity index (χ1n) is 6.93. The molecule has 1 aromatic heterocycles. The number of halogens is 1. The summed E-state index contributed by atoms with van der Waals surface area (Å²) in [4.78, 5) is 12.2. The number of nitrogens with zero attached hydrogens (tertiary/aromatic N) is 1. The van der Waals surface area contributed by atoms with Crippen LogP contribution in [0.25, 0.3) is 0 Å². The first-order chi connectivity index (χ1) is 9.11. The van der Waals surface area contributed by atoms with Gasteiger partial charge in [0, 0.05) is 29.7 Å². The number of nitrogens with one attached hydrogen (secondary N) is 1. The van der Waals surface area contributed by atoms with Crippen molar-refractivity contribution in [3.05, 3.63) is 22.4 Å². The maximum atomic E-state index is 12.2. The first-order valence-corrected chi connectivity index (χ1v) is 7.73. The van der Waals surface area contributed by atoms with Gasteiger partial charge in [-0.05, 0) is 41.8 Å². The molecule has 0 spiro atoms. The van der Waals surface area contributed by atoms with Crippen LogP contribution in [-0.4, -0.2) is 28.2 Å². The monoisotopic (exact) mass is 328 g/mol. The zero-order valence-corrected chi connectivity index (χ0v) is 12.8. The molecule has 4 nitrogen and oxygen atoms in total. The molecule has 1 aliphatic rings. The SMILES string of the molecule is CCn1cc(Br)cc1C(=O)NCC1CCCCC1O. The molecule has 2 unspecified atom stereocenters. The molecular weight excluding hydrogens is 308 g/mol. The predicted octanol–water partition coefficient (Wildman–Crippen LogP) is 2.55. The van der Waals surface area contributed by atoms with Crippen LogP contribution in [0.15, 0.2) is 16.7 Å². The molecular formula is C14H21BrN2O2. The van der Waals surface area contributed by atoms with Gasteiger partial charge in [0.1, 0.15) is 5.69 Å². The molecule has 5 heteroatoms. The number of hydrogen-bond acceptors (Lipinski definition) is 2. The quantitative estimate of drug-likeness (QED) is 0.892. The highest BCUT2D eigenvalue weighted by Crippen LogP contribution is 2.23. The lowest BCUT2D eigenvalue weighted by Gasteiger charge is -2.27. The van der Waals surface area contributed by atoms with E-state index in [0.29, 0.717) is 12.2 Å². The van der Waals surface area contributed by atoms with Gasteiger partial charge in [-0.3, -0.25) is 4.79 Å². The molecule has 0 bridgehead atoms. The van der Waals surface area contributed by atoms with E-state index >= 15 is 0 Å². The van der Waals surface area contributed by atoms with Crippen molar-refractivity contribution in [1.29, 1.82) is 0 Å². The molecule has 0 aliphatic heterocycles. The normalized spacial score (nSPS) is 23.3. The van der Waals surface area contributed by atoms with Crippen molar-refractivity contribution in [2.45, 2.75) is 45.3 Å². The summed E-state index contributed by atoms with van der Waals surface area (Å²) >= 11 is 3.39. The predicted molar refractivity (Wildman–Crippen MR) is 78.1 cm³/mol. The Morgan fingerprint density at radius 3 is 2.95 bits per heavy atom. The van der Waals surface area contributed by atoms with Crippen molar-refractivity contribution in [2.24, 2.45) is 5.92 Å². The van der Waals surface area contributed by atoms with Crippen LogP contribution in [0, 0.1) is 5.92 Å². The molecule has 19 heavy (non-hydrogen) atoms. The fourth-order valence-electron chi connectivity index (χ4n) is 2.67. The van der Waals surface area contributed by atoms with Crippen molar-refractivity contribution < 1.29 is 9.90 Å². The van der Waals surface area contributed by atoms with E-state index in [4.69, 9.17) is 0 Å². The van der Waals surface area contributed by atoms with E-state index in [1.54, 1.807) is 0 Å². The van der Waals surface area contributed by atoms with Crippen LogP contribution >= 0.6 is 15.9 Å². The number of aromatic nitrogens is 1. The zero-order chi connectivity index (χ0) is 13.8. The summed E-state index contributed by atoms with van der Waals surface area (Å²) in [6, 6.07) is 1.83. The molecule has 2 atom stereocenters. The number of amides is 1. The van der Waals surface area contributed by atoms with Gasteiger partial charge in [0.15, 0.2) is 0 Å². The first kappa shape index (κ1) is 14.6. The Morgan fingerprint density at radius 1 is 1.53 bits per heavy atom. The number of aliphatic hydroxyl groups is 1. The standard InChI is InChI=1S/C14H21BrN2O2/c1-2-17-9-11(15)7-12(17)14(19)16-8-10-5-3-4-6-13(10)18/h7,9-10,13,18H,2-6,8H2,1H3,(H,16,19). The van der Waals surface area contributed by atoms with Crippen molar-refractivity contribution in [1.82, 2.24) is 9.88 Å². The zero-order valence-electron chi connectivity index (χ0n) is 11.2.